The van der Waals surface area contributed by atoms with Crippen molar-refractivity contribution < 1.29 is 18.6 Å². The second-order valence-electron chi connectivity index (χ2n) is 3.19. The summed E-state index contributed by atoms with van der Waals surface area (Å²) < 4.78 is 29.1. The van der Waals surface area contributed by atoms with E-state index in [9.17, 15) is 8.78 Å². The summed E-state index contributed by atoms with van der Waals surface area (Å²) in [5, 5.41) is 8.87. The Morgan fingerprint density at radius 1 is 1.42 bits per heavy atom. The van der Waals surface area contributed by atoms with Crippen molar-refractivity contribution in [2.24, 2.45) is 11.8 Å². The van der Waals surface area contributed by atoms with Crippen LogP contribution in [0.4, 0.5) is 8.78 Å². The molecule has 1 rings (SSSR count). The lowest BCUT2D eigenvalue weighted by atomic mass is 9.87. The standard InChI is InChI=1S/C8H14F2O2/c9-8(10)3-7-5-12-2-1-6(7)4-11/h6-8,11H,1-5H2. The molecule has 0 radical (unpaired) electrons. The van der Waals surface area contributed by atoms with Crippen LogP contribution in [0.25, 0.3) is 0 Å². The van der Waals surface area contributed by atoms with E-state index >= 15 is 0 Å². The Balaban J connectivity index is 2.36. The minimum atomic E-state index is -2.29. The molecule has 72 valence electrons. The van der Waals surface area contributed by atoms with Gasteiger partial charge in [-0.2, -0.15) is 0 Å². The van der Waals surface area contributed by atoms with Gasteiger partial charge in [-0.1, -0.05) is 0 Å². The molecule has 0 spiro atoms. The minimum Gasteiger partial charge on any atom is -0.396 e. The molecule has 0 aliphatic carbocycles. The molecule has 1 aliphatic heterocycles. The van der Waals surface area contributed by atoms with Gasteiger partial charge in [0.15, 0.2) is 0 Å². The van der Waals surface area contributed by atoms with E-state index in [0.717, 1.165) is 0 Å². The zero-order valence-corrected chi connectivity index (χ0v) is 6.88. The summed E-state index contributed by atoms with van der Waals surface area (Å²) in [6.07, 6.45) is -1.73. The zero-order chi connectivity index (χ0) is 8.97. The van der Waals surface area contributed by atoms with E-state index in [1.54, 1.807) is 0 Å². The van der Waals surface area contributed by atoms with E-state index in [2.05, 4.69) is 0 Å². The molecule has 0 aromatic rings. The van der Waals surface area contributed by atoms with Crippen molar-refractivity contribution in [3.63, 3.8) is 0 Å². The molecule has 0 amide bonds. The molecule has 2 unspecified atom stereocenters. The first-order valence-corrected chi connectivity index (χ1v) is 4.20. The summed E-state index contributed by atoms with van der Waals surface area (Å²) in [4.78, 5) is 0. The average Bonchev–Trinajstić information content (AvgIpc) is 2.04. The fourth-order valence-corrected chi connectivity index (χ4v) is 1.57. The predicted molar refractivity (Wildman–Crippen MR) is 40.1 cm³/mol. The van der Waals surface area contributed by atoms with Crippen molar-refractivity contribution in [3.05, 3.63) is 0 Å². The maximum atomic E-state index is 12.0. The van der Waals surface area contributed by atoms with E-state index in [0.29, 0.717) is 19.6 Å². The lowest BCUT2D eigenvalue weighted by molar-refractivity contribution is -0.0282. The Bertz CT molecular complexity index is 130. The lowest BCUT2D eigenvalue weighted by Crippen LogP contribution is -2.31. The van der Waals surface area contributed by atoms with Gasteiger partial charge in [0, 0.05) is 26.2 Å². The van der Waals surface area contributed by atoms with Crippen LogP contribution in [0.2, 0.25) is 0 Å². The summed E-state index contributed by atoms with van der Waals surface area (Å²) >= 11 is 0. The molecule has 1 fully saturated rings. The lowest BCUT2D eigenvalue weighted by Gasteiger charge is -2.29. The molecule has 4 heteroatoms. The quantitative estimate of drug-likeness (QED) is 0.709. The highest BCUT2D eigenvalue weighted by Gasteiger charge is 2.27. The van der Waals surface area contributed by atoms with Gasteiger partial charge >= 0.3 is 0 Å². The third kappa shape index (κ3) is 2.68. The molecule has 0 saturated carbocycles. The van der Waals surface area contributed by atoms with Crippen molar-refractivity contribution in [3.8, 4) is 0 Å². The number of halogens is 2. The van der Waals surface area contributed by atoms with Gasteiger partial charge in [-0.05, 0) is 18.3 Å². The fourth-order valence-electron chi connectivity index (χ4n) is 1.57. The number of aliphatic hydroxyl groups excluding tert-OH is 1. The van der Waals surface area contributed by atoms with Gasteiger partial charge in [-0.15, -0.1) is 0 Å². The number of alkyl halides is 2. The Hall–Kier alpha value is -0.220. The Morgan fingerprint density at radius 2 is 2.17 bits per heavy atom. The second-order valence-corrected chi connectivity index (χ2v) is 3.19. The van der Waals surface area contributed by atoms with Gasteiger partial charge in [-0.25, -0.2) is 8.78 Å². The highest BCUT2D eigenvalue weighted by Crippen LogP contribution is 2.26. The smallest absolute Gasteiger partial charge is 0.239 e. The maximum absolute atomic E-state index is 12.0. The first-order valence-electron chi connectivity index (χ1n) is 4.20. The summed E-state index contributed by atoms with van der Waals surface area (Å²) in [5.74, 6) is -0.156. The zero-order valence-electron chi connectivity index (χ0n) is 6.88. The first kappa shape index (κ1) is 9.86. The van der Waals surface area contributed by atoms with Gasteiger partial charge in [-0.3, -0.25) is 0 Å². The van der Waals surface area contributed by atoms with E-state index < -0.39 is 6.43 Å². The van der Waals surface area contributed by atoms with Gasteiger partial charge < -0.3 is 9.84 Å². The maximum Gasteiger partial charge on any atom is 0.239 e. The molecular weight excluding hydrogens is 166 g/mol. The van der Waals surface area contributed by atoms with Crippen LogP contribution >= 0.6 is 0 Å². The molecule has 1 aliphatic rings. The minimum absolute atomic E-state index is 0.000741. The monoisotopic (exact) mass is 180 g/mol. The second kappa shape index (κ2) is 4.72. The molecule has 1 N–H and O–H groups in total. The van der Waals surface area contributed by atoms with E-state index in [1.807, 2.05) is 0 Å². The molecule has 0 aromatic carbocycles. The predicted octanol–water partition coefficient (Wildman–Crippen LogP) is 1.29. The van der Waals surface area contributed by atoms with E-state index in [1.165, 1.54) is 0 Å². The van der Waals surface area contributed by atoms with Crippen LogP contribution in [-0.2, 0) is 4.74 Å². The summed E-state index contributed by atoms with van der Waals surface area (Å²) in [6, 6.07) is 0. The van der Waals surface area contributed by atoms with Gasteiger partial charge in [0.1, 0.15) is 0 Å². The number of ether oxygens (including phenoxy) is 1. The Morgan fingerprint density at radius 3 is 2.75 bits per heavy atom. The fraction of sp³-hybridized carbons (Fsp3) is 1.00. The van der Waals surface area contributed by atoms with Crippen molar-refractivity contribution in [2.75, 3.05) is 19.8 Å². The molecule has 2 atom stereocenters. The van der Waals surface area contributed by atoms with Gasteiger partial charge in [0.2, 0.25) is 6.43 Å². The summed E-state index contributed by atoms with van der Waals surface area (Å²) in [7, 11) is 0. The van der Waals surface area contributed by atoms with Crippen LogP contribution < -0.4 is 0 Å². The topological polar surface area (TPSA) is 29.5 Å². The third-order valence-electron chi connectivity index (χ3n) is 2.35. The van der Waals surface area contributed by atoms with Crippen molar-refractivity contribution in [2.45, 2.75) is 19.3 Å². The molecule has 1 heterocycles. The number of hydrogen-bond acceptors (Lipinski definition) is 2. The van der Waals surface area contributed by atoms with Crippen molar-refractivity contribution >= 4 is 0 Å². The van der Waals surface area contributed by atoms with Crippen LogP contribution in [-0.4, -0.2) is 31.4 Å². The highest BCUT2D eigenvalue weighted by molar-refractivity contribution is 4.73. The van der Waals surface area contributed by atoms with Crippen LogP contribution in [0.5, 0.6) is 0 Å². The van der Waals surface area contributed by atoms with Gasteiger partial charge in [0.25, 0.3) is 0 Å². The Labute approximate surface area is 70.5 Å². The molecule has 12 heavy (non-hydrogen) atoms. The normalized spacial score (nSPS) is 31.0. The largest absolute Gasteiger partial charge is 0.396 e. The molecular formula is C8H14F2O2. The number of aliphatic hydroxyl groups is 1. The van der Waals surface area contributed by atoms with Crippen molar-refractivity contribution in [1.82, 2.24) is 0 Å². The van der Waals surface area contributed by atoms with Crippen molar-refractivity contribution in [1.29, 1.82) is 0 Å². The summed E-state index contributed by atoms with van der Waals surface area (Å²) in [6.45, 7) is 0.960. The van der Waals surface area contributed by atoms with Crippen LogP contribution in [0.15, 0.2) is 0 Å². The van der Waals surface area contributed by atoms with Crippen LogP contribution in [0.3, 0.4) is 0 Å². The average molecular weight is 180 g/mol. The molecule has 1 saturated heterocycles. The summed E-state index contributed by atoms with van der Waals surface area (Å²) in [5.41, 5.74) is 0. The van der Waals surface area contributed by atoms with Gasteiger partial charge in [0.05, 0.1) is 0 Å². The molecule has 0 aromatic heterocycles. The number of hydrogen-bond donors (Lipinski definition) is 1. The van der Waals surface area contributed by atoms with Crippen LogP contribution in [0.1, 0.15) is 12.8 Å². The highest BCUT2D eigenvalue weighted by atomic mass is 19.3. The SMILES string of the molecule is OCC1CCOCC1CC(F)F. The van der Waals surface area contributed by atoms with E-state index in [-0.39, 0.29) is 24.9 Å². The first-order chi connectivity index (χ1) is 5.74. The number of rotatable bonds is 3. The third-order valence-corrected chi connectivity index (χ3v) is 2.35. The molecule has 0 bridgehead atoms. The van der Waals surface area contributed by atoms with E-state index in [4.69, 9.17) is 9.84 Å². The molecule has 2 nitrogen and oxygen atoms in total. The Kier molecular flexibility index (Phi) is 3.88. The van der Waals surface area contributed by atoms with Crippen LogP contribution in [0, 0.1) is 11.8 Å².